The van der Waals surface area contributed by atoms with Gasteiger partial charge in [-0.3, -0.25) is 4.99 Å². The van der Waals surface area contributed by atoms with E-state index in [0.29, 0.717) is 18.9 Å². The molecule has 0 saturated carbocycles. The van der Waals surface area contributed by atoms with E-state index < -0.39 is 9.84 Å². The number of aryl methyl sites for hydroxylation is 2. The maximum atomic E-state index is 11.2. The monoisotopic (exact) mass is 460 g/mol. The molecule has 0 spiro atoms. The number of guanidine groups is 1. The molecule has 6 nitrogen and oxygen atoms in total. The van der Waals surface area contributed by atoms with Crippen molar-refractivity contribution in [3.8, 4) is 0 Å². The van der Waals surface area contributed by atoms with Crippen LogP contribution in [0.4, 0.5) is 0 Å². The van der Waals surface area contributed by atoms with Crippen molar-refractivity contribution < 1.29 is 8.42 Å². The molecule has 1 rings (SSSR count). The van der Waals surface area contributed by atoms with Gasteiger partial charge in [0.1, 0.15) is 14.8 Å². The number of nitrogens with one attached hydrogen (secondary N) is 2. The van der Waals surface area contributed by atoms with Crippen molar-refractivity contribution in [3.63, 3.8) is 0 Å². The van der Waals surface area contributed by atoms with E-state index in [1.54, 1.807) is 18.4 Å². The predicted molar refractivity (Wildman–Crippen MR) is 104 cm³/mol. The number of nitrogens with zero attached hydrogens (tertiary/aromatic N) is 2. The van der Waals surface area contributed by atoms with E-state index in [4.69, 9.17) is 0 Å². The summed E-state index contributed by atoms with van der Waals surface area (Å²) in [6.45, 7) is 6.60. The molecule has 0 saturated heterocycles. The molecule has 9 heteroatoms. The maximum Gasteiger partial charge on any atom is 0.191 e. The minimum atomic E-state index is -2.93. The Morgan fingerprint density at radius 3 is 2.50 bits per heavy atom. The Morgan fingerprint density at radius 1 is 1.41 bits per heavy atom. The van der Waals surface area contributed by atoms with Crippen LogP contribution in [0.5, 0.6) is 0 Å². The van der Waals surface area contributed by atoms with Crippen molar-refractivity contribution in [2.24, 2.45) is 4.99 Å². The summed E-state index contributed by atoms with van der Waals surface area (Å²) in [4.78, 5) is 9.82. The third kappa shape index (κ3) is 8.28. The summed E-state index contributed by atoms with van der Waals surface area (Å²) in [6.07, 6.45) is 1.80. The number of aromatic nitrogens is 1. The van der Waals surface area contributed by atoms with E-state index in [0.717, 1.165) is 10.7 Å². The number of aliphatic imine (C=N–C) groups is 1. The summed E-state index contributed by atoms with van der Waals surface area (Å²) in [5.74, 6) is 0.824. The van der Waals surface area contributed by atoms with Crippen molar-refractivity contribution in [3.05, 3.63) is 15.6 Å². The first kappa shape index (κ1) is 21.6. The van der Waals surface area contributed by atoms with Crippen LogP contribution in [-0.2, 0) is 16.4 Å². The third-order valence-electron chi connectivity index (χ3n) is 3.01. The molecule has 0 aliphatic heterocycles. The first-order valence-corrected chi connectivity index (χ1v) is 9.66. The Kier molecular flexibility index (Phi) is 9.47. The Balaban J connectivity index is 0.00000441. The van der Waals surface area contributed by atoms with Gasteiger partial charge < -0.3 is 10.6 Å². The van der Waals surface area contributed by atoms with Gasteiger partial charge in [-0.25, -0.2) is 13.4 Å². The smallest absolute Gasteiger partial charge is 0.191 e. The van der Waals surface area contributed by atoms with Gasteiger partial charge in [0.05, 0.1) is 18.0 Å². The number of halogens is 1. The van der Waals surface area contributed by atoms with Crippen LogP contribution in [0.15, 0.2) is 4.99 Å². The molecule has 128 valence electrons. The average Bonchev–Trinajstić information content (AvgIpc) is 2.70. The summed E-state index contributed by atoms with van der Waals surface area (Å²) in [6, 6.07) is 0.0330. The highest BCUT2D eigenvalue weighted by molar-refractivity contribution is 14.0. The molecule has 1 aromatic heterocycles. The molecule has 0 aliphatic rings. The molecular weight excluding hydrogens is 435 g/mol. The van der Waals surface area contributed by atoms with E-state index in [9.17, 15) is 8.42 Å². The lowest BCUT2D eigenvalue weighted by Crippen LogP contribution is -2.42. The van der Waals surface area contributed by atoms with Crippen LogP contribution < -0.4 is 10.6 Å². The van der Waals surface area contributed by atoms with Crippen LogP contribution in [-0.4, -0.2) is 44.5 Å². The van der Waals surface area contributed by atoms with Gasteiger partial charge in [0, 0.05) is 24.2 Å². The highest BCUT2D eigenvalue weighted by Crippen LogP contribution is 2.15. The molecule has 22 heavy (non-hydrogen) atoms. The Morgan fingerprint density at radius 2 is 2.05 bits per heavy atom. The minimum Gasteiger partial charge on any atom is -0.354 e. The zero-order chi connectivity index (χ0) is 16.0. The van der Waals surface area contributed by atoms with E-state index in [-0.39, 0.29) is 35.8 Å². The molecule has 0 aliphatic carbocycles. The highest BCUT2D eigenvalue weighted by Gasteiger charge is 2.10. The first-order chi connectivity index (χ1) is 9.71. The Hall–Kier alpha value is -0.420. The van der Waals surface area contributed by atoms with Crippen LogP contribution >= 0.6 is 35.3 Å². The molecule has 0 amide bonds. The molecule has 1 unspecified atom stereocenters. The Bertz CT molecular complexity index is 580. The van der Waals surface area contributed by atoms with Gasteiger partial charge in [-0.2, -0.15) is 0 Å². The summed E-state index contributed by atoms with van der Waals surface area (Å²) < 4.78 is 22.3. The fourth-order valence-corrected chi connectivity index (χ4v) is 3.32. The highest BCUT2D eigenvalue weighted by atomic mass is 127. The summed E-state index contributed by atoms with van der Waals surface area (Å²) in [5.41, 5.74) is 1.06. The zero-order valence-corrected chi connectivity index (χ0v) is 17.6. The molecule has 1 aromatic rings. The molecule has 0 radical (unpaired) electrons. The number of hydrogen-bond acceptors (Lipinski definition) is 5. The van der Waals surface area contributed by atoms with E-state index in [2.05, 4.69) is 27.5 Å². The quantitative estimate of drug-likeness (QED) is 0.385. The fraction of sp³-hybridized carbons (Fsp3) is 0.692. The second kappa shape index (κ2) is 9.66. The van der Waals surface area contributed by atoms with E-state index in [1.165, 1.54) is 11.1 Å². The van der Waals surface area contributed by atoms with Crippen LogP contribution in [0.2, 0.25) is 0 Å². The number of rotatable bonds is 6. The molecule has 2 N–H and O–H groups in total. The third-order valence-corrected chi connectivity index (χ3v) is 5.06. The van der Waals surface area contributed by atoms with Crippen molar-refractivity contribution in [2.75, 3.05) is 19.1 Å². The van der Waals surface area contributed by atoms with Gasteiger partial charge >= 0.3 is 0 Å². The number of sulfone groups is 1. The van der Waals surface area contributed by atoms with Crippen molar-refractivity contribution in [2.45, 2.75) is 39.8 Å². The lowest BCUT2D eigenvalue weighted by atomic mass is 10.3. The normalized spacial score (nSPS) is 13.4. The molecule has 0 bridgehead atoms. The summed E-state index contributed by atoms with van der Waals surface area (Å²) in [5, 5.41) is 7.38. The van der Waals surface area contributed by atoms with Gasteiger partial charge in [-0.15, -0.1) is 35.3 Å². The maximum absolute atomic E-state index is 11.2. The van der Waals surface area contributed by atoms with E-state index in [1.807, 2.05) is 13.8 Å². The van der Waals surface area contributed by atoms with Gasteiger partial charge in [-0.05, 0) is 27.2 Å². The van der Waals surface area contributed by atoms with Crippen LogP contribution in [0, 0.1) is 13.8 Å². The average molecular weight is 460 g/mol. The van der Waals surface area contributed by atoms with Crippen molar-refractivity contribution in [1.82, 2.24) is 15.6 Å². The lowest BCUT2D eigenvalue weighted by molar-refractivity contribution is 0.581. The standard InChI is InChI=1S/C13H24N4O2S2.HI/c1-9(6-7-21(5,18)19)16-13(14-4)15-8-12-17-10(2)11(3)20-12;/h9H,6-8H2,1-5H3,(H2,14,15,16);1H. The van der Waals surface area contributed by atoms with Crippen molar-refractivity contribution in [1.29, 1.82) is 0 Å². The second-order valence-corrected chi connectivity index (χ2v) is 8.69. The molecule has 1 heterocycles. The van der Waals surface area contributed by atoms with Gasteiger partial charge in [0.15, 0.2) is 5.96 Å². The second-order valence-electron chi connectivity index (χ2n) is 5.14. The zero-order valence-electron chi connectivity index (χ0n) is 13.6. The fourth-order valence-electron chi connectivity index (χ4n) is 1.67. The van der Waals surface area contributed by atoms with Crippen LogP contribution in [0.3, 0.4) is 0 Å². The SMILES string of the molecule is CN=C(NCc1nc(C)c(C)s1)NC(C)CCS(C)(=O)=O.I. The van der Waals surface area contributed by atoms with Crippen LogP contribution in [0.25, 0.3) is 0 Å². The van der Waals surface area contributed by atoms with Crippen molar-refractivity contribution >= 4 is 51.1 Å². The molecular formula is C13H25IN4O2S2. The first-order valence-electron chi connectivity index (χ1n) is 6.79. The molecule has 1 atom stereocenters. The minimum absolute atomic E-state index is 0. The van der Waals surface area contributed by atoms with Gasteiger partial charge in [0.2, 0.25) is 0 Å². The molecule has 0 fully saturated rings. The predicted octanol–water partition coefficient (Wildman–Crippen LogP) is 1.87. The Labute approximate surface area is 154 Å². The van der Waals surface area contributed by atoms with Gasteiger partial charge in [-0.1, -0.05) is 0 Å². The van der Waals surface area contributed by atoms with Crippen LogP contribution in [0.1, 0.15) is 28.9 Å². The lowest BCUT2D eigenvalue weighted by Gasteiger charge is -2.17. The largest absolute Gasteiger partial charge is 0.354 e. The van der Waals surface area contributed by atoms with E-state index >= 15 is 0 Å². The molecule has 0 aromatic carbocycles. The topological polar surface area (TPSA) is 83.4 Å². The number of hydrogen-bond donors (Lipinski definition) is 2. The summed E-state index contributed by atoms with van der Waals surface area (Å²) in [7, 11) is -1.24. The number of thiazole rings is 1. The summed E-state index contributed by atoms with van der Waals surface area (Å²) >= 11 is 1.66. The van der Waals surface area contributed by atoms with Gasteiger partial charge in [0.25, 0.3) is 0 Å².